The van der Waals surface area contributed by atoms with Crippen molar-refractivity contribution >= 4 is 0 Å². The molecule has 1 fully saturated rings. The number of unbranched alkanes of at least 4 members (excludes halogenated alkanes) is 6. The van der Waals surface area contributed by atoms with Crippen molar-refractivity contribution in [1.29, 1.82) is 0 Å². The second kappa shape index (κ2) is 9.52. The van der Waals surface area contributed by atoms with Crippen LogP contribution in [0.15, 0.2) is 5.18 Å². The Morgan fingerprint density at radius 3 is 2.11 bits per heavy atom. The second-order valence-electron chi connectivity index (χ2n) is 6.22. The van der Waals surface area contributed by atoms with Crippen LogP contribution in [0.4, 0.5) is 0 Å². The summed E-state index contributed by atoms with van der Waals surface area (Å²) in [6, 6.07) is 0. The Kier molecular flexibility index (Phi) is 8.28. The zero-order valence-electron chi connectivity index (χ0n) is 12.3. The van der Waals surface area contributed by atoms with Crippen molar-refractivity contribution in [2.24, 2.45) is 10.6 Å². The lowest BCUT2D eigenvalue weighted by Gasteiger charge is -2.35. The number of hydrogen-bond donors (Lipinski definition) is 0. The smallest absolute Gasteiger partial charge is 0.0867 e. The minimum absolute atomic E-state index is 0.295. The summed E-state index contributed by atoms with van der Waals surface area (Å²) < 4.78 is 0. The maximum atomic E-state index is 10.6. The summed E-state index contributed by atoms with van der Waals surface area (Å²) in [5, 5.41) is 3.22. The molecule has 1 rings (SSSR count). The highest BCUT2D eigenvalue weighted by molar-refractivity contribution is 4.84. The molecule has 0 amide bonds. The third-order valence-corrected chi connectivity index (χ3v) is 4.62. The summed E-state index contributed by atoms with van der Waals surface area (Å²) in [7, 11) is 0. The molecular formula is C16H31NO. The second-order valence-corrected chi connectivity index (χ2v) is 6.22. The monoisotopic (exact) mass is 253 g/mol. The number of nitrogens with zero attached hydrogens (tertiary/aromatic N) is 1. The zero-order chi connectivity index (χ0) is 13.1. The van der Waals surface area contributed by atoms with Gasteiger partial charge >= 0.3 is 0 Å². The van der Waals surface area contributed by atoms with E-state index in [9.17, 15) is 4.91 Å². The molecule has 2 heteroatoms. The van der Waals surface area contributed by atoms with Gasteiger partial charge in [0.25, 0.3) is 0 Å². The van der Waals surface area contributed by atoms with Gasteiger partial charge in [0, 0.05) is 0 Å². The Bertz CT molecular complexity index is 209. The van der Waals surface area contributed by atoms with Crippen LogP contribution in [0.25, 0.3) is 0 Å². The van der Waals surface area contributed by atoms with Crippen molar-refractivity contribution in [2.75, 3.05) is 6.54 Å². The van der Waals surface area contributed by atoms with Crippen LogP contribution in [0.5, 0.6) is 0 Å². The molecule has 1 aliphatic rings. The highest BCUT2D eigenvalue weighted by Gasteiger charge is 2.31. The lowest BCUT2D eigenvalue weighted by molar-refractivity contribution is 0.176. The van der Waals surface area contributed by atoms with Gasteiger partial charge in [0.05, 0.1) is 6.54 Å². The molecular weight excluding hydrogens is 222 g/mol. The molecule has 0 spiro atoms. The molecule has 1 aliphatic carbocycles. The normalized spacial score (nSPS) is 18.7. The molecule has 0 aromatic rings. The zero-order valence-corrected chi connectivity index (χ0v) is 12.3. The molecule has 0 heterocycles. The van der Waals surface area contributed by atoms with E-state index in [1.807, 2.05) is 0 Å². The van der Waals surface area contributed by atoms with E-state index in [1.54, 1.807) is 0 Å². The van der Waals surface area contributed by atoms with Crippen LogP contribution < -0.4 is 0 Å². The third kappa shape index (κ3) is 5.97. The van der Waals surface area contributed by atoms with Gasteiger partial charge < -0.3 is 0 Å². The molecule has 0 N–H and O–H groups in total. The van der Waals surface area contributed by atoms with Crippen molar-refractivity contribution in [2.45, 2.75) is 90.4 Å². The van der Waals surface area contributed by atoms with Gasteiger partial charge in [-0.15, -0.1) is 0 Å². The summed E-state index contributed by atoms with van der Waals surface area (Å²) in [4.78, 5) is 10.6. The van der Waals surface area contributed by atoms with E-state index in [-0.39, 0.29) is 0 Å². The first kappa shape index (κ1) is 15.7. The summed E-state index contributed by atoms with van der Waals surface area (Å²) in [5.41, 5.74) is 0.295. The maximum absolute atomic E-state index is 10.6. The number of nitroso groups, excluding NO2 is 1. The Labute approximate surface area is 113 Å². The molecule has 0 unspecified atom stereocenters. The fourth-order valence-corrected chi connectivity index (χ4v) is 3.38. The van der Waals surface area contributed by atoms with E-state index in [0.29, 0.717) is 12.0 Å². The van der Waals surface area contributed by atoms with Crippen LogP contribution in [0.3, 0.4) is 0 Å². The van der Waals surface area contributed by atoms with Gasteiger partial charge in [-0.2, -0.15) is 4.91 Å². The standard InChI is InChI=1S/C16H31NO/c1-2-3-4-5-6-7-9-12-16(15-17-18)13-10-8-11-14-16/h2-15H2,1H3. The van der Waals surface area contributed by atoms with Crippen LogP contribution >= 0.6 is 0 Å². The highest BCUT2D eigenvalue weighted by Crippen LogP contribution is 2.41. The average Bonchev–Trinajstić information content (AvgIpc) is 2.39. The highest BCUT2D eigenvalue weighted by atomic mass is 16.3. The van der Waals surface area contributed by atoms with Gasteiger partial charge in [-0.1, -0.05) is 76.3 Å². The fraction of sp³-hybridized carbons (Fsp3) is 1.00. The summed E-state index contributed by atoms with van der Waals surface area (Å²) >= 11 is 0. The van der Waals surface area contributed by atoms with E-state index in [0.717, 1.165) is 0 Å². The molecule has 0 aliphatic heterocycles. The minimum atomic E-state index is 0.295. The van der Waals surface area contributed by atoms with Crippen LogP contribution in [0.2, 0.25) is 0 Å². The Morgan fingerprint density at radius 2 is 1.50 bits per heavy atom. The van der Waals surface area contributed by atoms with Gasteiger partial charge in [0.15, 0.2) is 0 Å². The molecule has 0 saturated heterocycles. The number of hydrogen-bond acceptors (Lipinski definition) is 2. The Hall–Kier alpha value is -0.400. The van der Waals surface area contributed by atoms with E-state index in [1.165, 1.54) is 83.5 Å². The minimum Gasteiger partial charge on any atom is -0.151 e. The average molecular weight is 253 g/mol. The van der Waals surface area contributed by atoms with Crippen LogP contribution in [-0.4, -0.2) is 6.54 Å². The number of rotatable bonds is 10. The first-order chi connectivity index (χ1) is 8.83. The Balaban J connectivity index is 2.11. The summed E-state index contributed by atoms with van der Waals surface area (Å²) in [6.07, 6.45) is 17.3. The molecule has 18 heavy (non-hydrogen) atoms. The van der Waals surface area contributed by atoms with Crippen molar-refractivity contribution in [1.82, 2.24) is 0 Å². The molecule has 106 valence electrons. The quantitative estimate of drug-likeness (QED) is 0.355. The molecule has 0 bridgehead atoms. The van der Waals surface area contributed by atoms with Gasteiger partial charge in [-0.25, -0.2) is 0 Å². The third-order valence-electron chi connectivity index (χ3n) is 4.62. The SMILES string of the molecule is CCCCCCCCCC1(CN=O)CCCCC1. The Morgan fingerprint density at radius 1 is 0.889 bits per heavy atom. The van der Waals surface area contributed by atoms with E-state index < -0.39 is 0 Å². The molecule has 0 atom stereocenters. The first-order valence-electron chi connectivity index (χ1n) is 8.12. The topological polar surface area (TPSA) is 29.4 Å². The van der Waals surface area contributed by atoms with E-state index >= 15 is 0 Å². The van der Waals surface area contributed by atoms with E-state index in [4.69, 9.17) is 0 Å². The van der Waals surface area contributed by atoms with Crippen molar-refractivity contribution in [3.63, 3.8) is 0 Å². The molecule has 0 aromatic carbocycles. The lowest BCUT2D eigenvalue weighted by Crippen LogP contribution is -2.27. The fourth-order valence-electron chi connectivity index (χ4n) is 3.38. The van der Waals surface area contributed by atoms with Gasteiger partial charge in [-0.05, 0) is 24.7 Å². The van der Waals surface area contributed by atoms with Crippen LogP contribution in [0, 0.1) is 10.3 Å². The van der Waals surface area contributed by atoms with Crippen molar-refractivity contribution in [3.05, 3.63) is 4.91 Å². The molecule has 0 aromatic heterocycles. The molecule has 1 saturated carbocycles. The summed E-state index contributed by atoms with van der Waals surface area (Å²) in [6.45, 7) is 2.84. The van der Waals surface area contributed by atoms with Crippen LogP contribution in [0.1, 0.15) is 90.4 Å². The van der Waals surface area contributed by atoms with Gasteiger partial charge in [-0.3, -0.25) is 0 Å². The molecule has 0 radical (unpaired) electrons. The predicted octanol–water partition coefficient (Wildman–Crippen LogP) is 5.84. The lowest BCUT2D eigenvalue weighted by atomic mass is 9.71. The van der Waals surface area contributed by atoms with E-state index in [2.05, 4.69) is 12.1 Å². The van der Waals surface area contributed by atoms with Gasteiger partial charge in [0.1, 0.15) is 0 Å². The predicted molar refractivity (Wildman–Crippen MR) is 78.8 cm³/mol. The van der Waals surface area contributed by atoms with Crippen LogP contribution in [-0.2, 0) is 0 Å². The maximum Gasteiger partial charge on any atom is 0.0867 e. The van der Waals surface area contributed by atoms with Gasteiger partial charge in [0.2, 0.25) is 0 Å². The largest absolute Gasteiger partial charge is 0.151 e. The first-order valence-corrected chi connectivity index (χ1v) is 8.12. The molecule has 2 nitrogen and oxygen atoms in total. The van der Waals surface area contributed by atoms with Crippen molar-refractivity contribution < 1.29 is 0 Å². The summed E-state index contributed by atoms with van der Waals surface area (Å²) in [5.74, 6) is 0. The van der Waals surface area contributed by atoms with Crippen molar-refractivity contribution in [3.8, 4) is 0 Å².